The van der Waals surface area contributed by atoms with Crippen LogP contribution >= 0.6 is 11.8 Å². The Bertz CT molecular complexity index is 682. The standard InChI is InChI=1S/C15H20N6O2S/c1-20(10-12-9-11-5-3-4-6-13(11)23-12)14(22)16-7-8-24-15-17-18-19-21(15)2/h3-6,12H,7-10H2,1-2H3,(H,16,22)/t12-/m1/s1. The largest absolute Gasteiger partial charge is 0.488 e. The molecule has 1 N–H and O–H groups in total. The van der Waals surface area contributed by atoms with Gasteiger partial charge in [-0.15, -0.1) is 5.10 Å². The highest BCUT2D eigenvalue weighted by atomic mass is 32.2. The number of aromatic nitrogens is 4. The van der Waals surface area contributed by atoms with Crippen LogP contribution in [-0.2, 0) is 13.5 Å². The van der Waals surface area contributed by atoms with E-state index < -0.39 is 0 Å². The van der Waals surface area contributed by atoms with Crippen molar-refractivity contribution in [2.24, 2.45) is 7.05 Å². The highest BCUT2D eigenvalue weighted by Crippen LogP contribution is 2.28. The van der Waals surface area contributed by atoms with E-state index >= 15 is 0 Å². The molecule has 1 aliphatic heterocycles. The van der Waals surface area contributed by atoms with Crippen molar-refractivity contribution >= 4 is 17.8 Å². The van der Waals surface area contributed by atoms with Crippen molar-refractivity contribution in [3.8, 4) is 5.75 Å². The van der Waals surface area contributed by atoms with Crippen LogP contribution in [-0.4, -0.2) is 63.1 Å². The molecule has 1 atom stereocenters. The van der Waals surface area contributed by atoms with Gasteiger partial charge >= 0.3 is 6.03 Å². The van der Waals surface area contributed by atoms with Gasteiger partial charge in [0.25, 0.3) is 0 Å². The van der Waals surface area contributed by atoms with Gasteiger partial charge in [-0.05, 0) is 22.1 Å². The maximum absolute atomic E-state index is 12.1. The Morgan fingerprint density at radius 2 is 2.33 bits per heavy atom. The number of amides is 2. The second-order valence-electron chi connectivity index (χ2n) is 5.60. The molecule has 0 radical (unpaired) electrons. The van der Waals surface area contributed by atoms with Crippen LogP contribution in [0.25, 0.3) is 0 Å². The van der Waals surface area contributed by atoms with Gasteiger partial charge in [0.1, 0.15) is 11.9 Å². The molecule has 0 aliphatic carbocycles. The van der Waals surface area contributed by atoms with Crippen molar-refractivity contribution in [2.75, 3.05) is 25.9 Å². The van der Waals surface area contributed by atoms with Crippen molar-refractivity contribution in [2.45, 2.75) is 17.7 Å². The van der Waals surface area contributed by atoms with Crippen LogP contribution in [0.2, 0.25) is 0 Å². The summed E-state index contributed by atoms with van der Waals surface area (Å²) >= 11 is 1.50. The third kappa shape index (κ3) is 3.97. The van der Waals surface area contributed by atoms with Crippen molar-refractivity contribution in [3.05, 3.63) is 29.8 Å². The first-order valence-corrected chi connectivity index (χ1v) is 8.70. The Hall–Kier alpha value is -2.29. The van der Waals surface area contributed by atoms with Crippen LogP contribution < -0.4 is 10.1 Å². The van der Waals surface area contributed by atoms with Crippen LogP contribution in [0.3, 0.4) is 0 Å². The van der Waals surface area contributed by atoms with E-state index in [1.807, 2.05) is 18.2 Å². The number of tetrazole rings is 1. The van der Waals surface area contributed by atoms with Crippen molar-refractivity contribution < 1.29 is 9.53 Å². The van der Waals surface area contributed by atoms with Gasteiger partial charge in [0.15, 0.2) is 0 Å². The van der Waals surface area contributed by atoms with Gasteiger partial charge in [0, 0.05) is 32.8 Å². The molecule has 1 aromatic heterocycles. The Morgan fingerprint density at radius 1 is 1.50 bits per heavy atom. The summed E-state index contributed by atoms with van der Waals surface area (Å²) in [5.74, 6) is 1.63. The van der Waals surface area contributed by atoms with Gasteiger partial charge in [-0.3, -0.25) is 0 Å². The molecule has 2 heterocycles. The van der Waals surface area contributed by atoms with Gasteiger partial charge in [0.2, 0.25) is 5.16 Å². The average Bonchev–Trinajstić information content (AvgIpc) is 3.16. The van der Waals surface area contributed by atoms with Gasteiger partial charge in [-0.25, -0.2) is 9.48 Å². The molecule has 128 valence electrons. The number of carbonyl (C=O) groups excluding carboxylic acids is 1. The van der Waals surface area contributed by atoms with Crippen LogP contribution in [0.1, 0.15) is 5.56 Å². The summed E-state index contributed by atoms with van der Waals surface area (Å²) in [4.78, 5) is 13.8. The number of ether oxygens (including phenoxy) is 1. The zero-order valence-electron chi connectivity index (χ0n) is 13.7. The molecule has 0 bridgehead atoms. The summed E-state index contributed by atoms with van der Waals surface area (Å²) in [5.41, 5.74) is 1.20. The first-order valence-electron chi connectivity index (χ1n) is 7.72. The minimum absolute atomic E-state index is 0.0113. The van der Waals surface area contributed by atoms with Gasteiger partial charge in [-0.2, -0.15) is 0 Å². The predicted molar refractivity (Wildman–Crippen MR) is 90.1 cm³/mol. The monoisotopic (exact) mass is 348 g/mol. The molecule has 0 saturated carbocycles. The lowest BCUT2D eigenvalue weighted by atomic mass is 10.1. The fraction of sp³-hybridized carbons (Fsp3) is 0.467. The summed E-state index contributed by atoms with van der Waals surface area (Å²) in [5, 5.41) is 14.8. The zero-order valence-corrected chi connectivity index (χ0v) is 14.5. The lowest BCUT2D eigenvalue weighted by molar-refractivity contribution is 0.164. The Morgan fingerprint density at radius 3 is 3.08 bits per heavy atom. The van der Waals surface area contributed by atoms with Crippen LogP contribution in [0.15, 0.2) is 29.4 Å². The molecule has 3 rings (SSSR count). The average molecular weight is 348 g/mol. The number of hydrogen-bond donors (Lipinski definition) is 1. The molecule has 8 nitrogen and oxygen atoms in total. The van der Waals surface area contributed by atoms with Crippen LogP contribution in [0, 0.1) is 0 Å². The van der Waals surface area contributed by atoms with Gasteiger partial charge in [0.05, 0.1) is 6.54 Å². The van der Waals surface area contributed by atoms with Crippen molar-refractivity contribution in [1.82, 2.24) is 30.4 Å². The lowest BCUT2D eigenvalue weighted by Gasteiger charge is -2.21. The van der Waals surface area contributed by atoms with E-state index in [0.29, 0.717) is 18.8 Å². The number of carbonyl (C=O) groups is 1. The zero-order chi connectivity index (χ0) is 16.9. The smallest absolute Gasteiger partial charge is 0.317 e. The quantitative estimate of drug-likeness (QED) is 0.618. The fourth-order valence-electron chi connectivity index (χ4n) is 2.52. The Labute approximate surface area is 144 Å². The highest BCUT2D eigenvalue weighted by molar-refractivity contribution is 7.99. The summed E-state index contributed by atoms with van der Waals surface area (Å²) in [6, 6.07) is 7.89. The molecule has 9 heteroatoms. The number of thioether (sulfide) groups is 1. The third-order valence-electron chi connectivity index (χ3n) is 3.73. The molecule has 24 heavy (non-hydrogen) atoms. The summed E-state index contributed by atoms with van der Waals surface area (Å²) in [6.07, 6.45) is 0.847. The van der Waals surface area contributed by atoms with E-state index in [4.69, 9.17) is 4.74 Å². The van der Waals surface area contributed by atoms with Crippen LogP contribution in [0.4, 0.5) is 4.79 Å². The minimum atomic E-state index is -0.105. The molecule has 0 saturated heterocycles. The minimum Gasteiger partial charge on any atom is -0.488 e. The number of benzene rings is 1. The lowest BCUT2D eigenvalue weighted by Crippen LogP contribution is -2.43. The van der Waals surface area contributed by atoms with Crippen molar-refractivity contribution in [1.29, 1.82) is 0 Å². The van der Waals surface area contributed by atoms with E-state index in [2.05, 4.69) is 26.9 Å². The summed E-state index contributed by atoms with van der Waals surface area (Å²) < 4.78 is 7.47. The first kappa shape index (κ1) is 16.6. The van der Waals surface area contributed by atoms with Crippen molar-refractivity contribution in [3.63, 3.8) is 0 Å². The maximum Gasteiger partial charge on any atom is 0.317 e. The molecule has 2 amide bonds. The first-order chi connectivity index (χ1) is 11.6. The third-order valence-corrected chi connectivity index (χ3v) is 4.74. The fourth-order valence-corrected chi connectivity index (χ4v) is 3.23. The second-order valence-corrected chi connectivity index (χ2v) is 6.66. The number of urea groups is 1. The van der Waals surface area contributed by atoms with E-state index in [-0.39, 0.29) is 12.1 Å². The number of rotatable bonds is 6. The van der Waals surface area contributed by atoms with E-state index in [1.165, 1.54) is 17.3 Å². The number of aryl methyl sites for hydroxylation is 1. The maximum atomic E-state index is 12.1. The molecule has 2 aromatic rings. The van der Waals surface area contributed by atoms with E-state index in [0.717, 1.165) is 17.3 Å². The molecule has 1 aliphatic rings. The number of hydrogen-bond acceptors (Lipinski definition) is 6. The topological polar surface area (TPSA) is 85.2 Å². The SMILES string of the molecule is CN(C[C@H]1Cc2ccccc2O1)C(=O)NCCSc1nnnn1C. The summed E-state index contributed by atoms with van der Waals surface area (Å²) in [7, 11) is 3.57. The molecular weight excluding hydrogens is 328 g/mol. The predicted octanol–water partition coefficient (Wildman–Crippen LogP) is 0.947. The van der Waals surface area contributed by atoms with E-state index in [1.54, 1.807) is 23.7 Å². The number of likely N-dealkylation sites (N-methyl/N-ethyl adjacent to an activating group) is 1. The highest BCUT2D eigenvalue weighted by Gasteiger charge is 2.24. The normalized spacial score (nSPS) is 15.7. The Kier molecular flexibility index (Phi) is 5.19. The molecular formula is C15H20N6O2S. The number of fused-ring (bicyclic) bond motifs is 1. The molecule has 0 unspecified atom stereocenters. The van der Waals surface area contributed by atoms with Crippen LogP contribution in [0.5, 0.6) is 5.75 Å². The van der Waals surface area contributed by atoms with Gasteiger partial charge < -0.3 is 15.0 Å². The number of nitrogens with one attached hydrogen (secondary N) is 1. The Balaban J connectivity index is 1.37. The van der Waals surface area contributed by atoms with Gasteiger partial charge in [-0.1, -0.05) is 30.0 Å². The number of nitrogens with zero attached hydrogens (tertiary/aromatic N) is 5. The second kappa shape index (κ2) is 7.52. The molecule has 0 fully saturated rings. The number of para-hydroxylation sites is 1. The molecule has 0 spiro atoms. The summed E-state index contributed by atoms with van der Waals surface area (Å²) in [6.45, 7) is 1.10. The van der Waals surface area contributed by atoms with E-state index in [9.17, 15) is 4.79 Å². The molecule has 1 aromatic carbocycles.